The Morgan fingerprint density at radius 3 is 2.52 bits per heavy atom. The maximum Gasteiger partial charge on any atom is 0.258 e. The summed E-state index contributed by atoms with van der Waals surface area (Å²) in [5, 5.41) is 6.82. The van der Waals surface area contributed by atoms with Crippen molar-refractivity contribution < 1.29 is 9.53 Å². The Bertz CT molecular complexity index is 1290. The van der Waals surface area contributed by atoms with Crippen molar-refractivity contribution >= 4 is 39.8 Å². The van der Waals surface area contributed by atoms with E-state index in [1.165, 1.54) is 0 Å². The fraction of sp³-hybridized carbons (Fsp3) is 0.148. The number of fused-ring (bicyclic) bond motifs is 1. The molecule has 0 radical (unpaired) electrons. The summed E-state index contributed by atoms with van der Waals surface area (Å²) < 4.78 is 5.87. The number of anilines is 1. The largest absolute Gasteiger partial charge is 0.493 e. The lowest BCUT2D eigenvalue weighted by Gasteiger charge is -2.13. The molecule has 33 heavy (non-hydrogen) atoms. The highest BCUT2D eigenvalue weighted by Gasteiger charge is 2.15. The van der Waals surface area contributed by atoms with Crippen LogP contribution in [0.2, 0.25) is 0 Å². The lowest BCUT2D eigenvalue weighted by atomic mass is 10.0. The summed E-state index contributed by atoms with van der Waals surface area (Å²) in [5.74, 6) is 0.905. The van der Waals surface area contributed by atoms with Gasteiger partial charge in [0.2, 0.25) is 0 Å². The van der Waals surface area contributed by atoms with Gasteiger partial charge in [0, 0.05) is 16.6 Å². The molecule has 2 N–H and O–H groups in total. The molecule has 0 fully saturated rings. The van der Waals surface area contributed by atoms with Crippen LogP contribution in [0.3, 0.4) is 0 Å². The van der Waals surface area contributed by atoms with Gasteiger partial charge < -0.3 is 10.1 Å². The molecule has 6 heteroatoms. The third kappa shape index (κ3) is 5.73. The molecular weight excluding hydrogens is 430 g/mol. The number of hydrogen-bond acceptors (Lipinski definition) is 4. The van der Waals surface area contributed by atoms with Crippen molar-refractivity contribution in [2.75, 3.05) is 11.9 Å². The Labute approximate surface area is 198 Å². The number of rotatable bonds is 6. The zero-order valence-electron chi connectivity index (χ0n) is 18.5. The average Bonchev–Trinajstić information content (AvgIpc) is 2.82. The fourth-order valence-electron chi connectivity index (χ4n) is 3.37. The van der Waals surface area contributed by atoms with Gasteiger partial charge in [-0.15, -0.1) is 0 Å². The Balaban J connectivity index is 1.64. The first-order valence-electron chi connectivity index (χ1n) is 10.8. The normalized spacial score (nSPS) is 10.8. The Morgan fingerprint density at radius 2 is 1.73 bits per heavy atom. The molecule has 0 unspecified atom stereocenters. The minimum Gasteiger partial charge on any atom is -0.493 e. The Kier molecular flexibility index (Phi) is 6.95. The molecule has 0 aliphatic carbocycles. The molecule has 0 saturated heterocycles. The average molecular weight is 456 g/mol. The zero-order valence-corrected chi connectivity index (χ0v) is 19.4. The van der Waals surface area contributed by atoms with Crippen LogP contribution in [0, 0.1) is 5.92 Å². The zero-order chi connectivity index (χ0) is 23.2. The number of pyridine rings is 1. The van der Waals surface area contributed by atoms with Gasteiger partial charge in [0.25, 0.3) is 5.91 Å². The van der Waals surface area contributed by atoms with Crippen LogP contribution in [0.25, 0.3) is 22.2 Å². The molecule has 0 atom stereocenters. The van der Waals surface area contributed by atoms with Crippen LogP contribution in [0.4, 0.5) is 5.69 Å². The molecule has 3 aromatic carbocycles. The third-order valence-corrected chi connectivity index (χ3v) is 5.14. The molecule has 0 saturated carbocycles. The van der Waals surface area contributed by atoms with E-state index in [2.05, 4.69) is 24.5 Å². The van der Waals surface area contributed by atoms with Crippen molar-refractivity contribution in [2.45, 2.75) is 13.8 Å². The van der Waals surface area contributed by atoms with Crippen molar-refractivity contribution in [1.82, 2.24) is 10.3 Å². The van der Waals surface area contributed by atoms with Crippen LogP contribution < -0.4 is 15.4 Å². The quantitative estimate of drug-likeness (QED) is 0.346. The number of ether oxygens (including phenoxy) is 1. The highest BCUT2D eigenvalue weighted by molar-refractivity contribution is 7.80. The minimum absolute atomic E-state index is 0.234. The molecule has 0 bridgehead atoms. The lowest BCUT2D eigenvalue weighted by molar-refractivity contribution is 0.0979. The topological polar surface area (TPSA) is 63.2 Å². The lowest BCUT2D eigenvalue weighted by Crippen LogP contribution is -2.34. The summed E-state index contributed by atoms with van der Waals surface area (Å²) in [6.07, 6.45) is 0. The second kappa shape index (κ2) is 10.2. The van der Waals surface area contributed by atoms with E-state index in [9.17, 15) is 4.79 Å². The number of hydrogen-bond donors (Lipinski definition) is 2. The molecule has 0 aliphatic heterocycles. The standard InChI is InChI=1S/C27H25N3O2S/c1-18(2)17-32-21-12-8-9-19(15-21)25-16-23(22-13-6-7-14-24(22)29-25)26(31)30-27(33)28-20-10-4-3-5-11-20/h3-16,18H,17H2,1-2H3,(H2,28,30,31,33). The third-order valence-electron chi connectivity index (χ3n) is 4.93. The van der Waals surface area contributed by atoms with E-state index in [1.807, 2.05) is 78.9 Å². The number of nitrogens with zero attached hydrogens (tertiary/aromatic N) is 1. The molecule has 4 aromatic rings. The van der Waals surface area contributed by atoms with E-state index in [4.69, 9.17) is 21.9 Å². The molecular formula is C27H25N3O2S. The second-order valence-corrected chi connectivity index (χ2v) is 8.49. The highest BCUT2D eigenvalue weighted by Crippen LogP contribution is 2.27. The monoisotopic (exact) mass is 455 g/mol. The van der Waals surface area contributed by atoms with Crippen LogP contribution >= 0.6 is 12.2 Å². The Morgan fingerprint density at radius 1 is 0.970 bits per heavy atom. The van der Waals surface area contributed by atoms with E-state index in [0.717, 1.165) is 27.9 Å². The maximum absolute atomic E-state index is 13.2. The van der Waals surface area contributed by atoms with Gasteiger partial charge in [-0.3, -0.25) is 10.1 Å². The number of aromatic nitrogens is 1. The molecule has 166 valence electrons. The summed E-state index contributed by atoms with van der Waals surface area (Å²) in [6, 6.07) is 26.6. The number of thiocarbonyl (C=S) groups is 1. The second-order valence-electron chi connectivity index (χ2n) is 8.08. The van der Waals surface area contributed by atoms with Crippen molar-refractivity contribution in [1.29, 1.82) is 0 Å². The number of carbonyl (C=O) groups is 1. The molecule has 1 amide bonds. The van der Waals surface area contributed by atoms with Gasteiger partial charge in [-0.2, -0.15) is 0 Å². The van der Waals surface area contributed by atoms with Gasteiger partial charge >= 0.3 is 0 Å². The van der Waals surface area contributed by atoms with Crippen LogP contribution in [-0.4, -0.2) is 22.6 Å². The molecule has 1 heterocycles. The van der Waals surface area contributed by atoms with Crippen molar-refractivity contribution in [3.63, 3.8) is 0 Å². The minimum atomic E-state index is -0.296. The van der Waals surface area contributed by atoms with Crippen molar-refractivity contribution in [2.24, 2.45) is 5.92 Å². The van der Waals surface area contributed by atoms with E-state index < -0.39 is 0 Å². The van der Waals surface area contributed by atoms with Crippen molar-refractivity contribution in [3.8, 4) is 17.0 Å². The molecule has 5 nitrogen and oxygen atoms in total. The van der Waals surface area contributed by atoms with E-state index >= 15 is 0 Å². The van der Waals surface area contributed by atoms with Gasteiger partial charge in [-0.25, -0.2) is 4.98 Å². The van der Waals surface area contributed by atoms with Gasteiger partial charge in [0.05, 0.1) is 23.4 Å². The summed E-state index contributed by atoms with van der Waals surface area (Å²) in [4.78, 5) is 18.0. The first-order valence-corrected chi connectivity index (χ1v) is 11.2. The first kappa shape index (κ1) is 22.4. The number of amides is 1. The van der Waals surface area contributed by atoms with Gasteiger partial charge in [0.1, 0.15) is 5.75 Å². The summed E-state index contributed by atoms with van der Waals surface area (Å²) in [6.45, 7) is 4.85. The molecule has 4 rings (SSSR count). The summed E-state index contributed by atoms with van der Waals surface area (Å²) in [7, 11) is 0. The van der Waals surface area contributed by atoms with E-state index in [-0.39, 0.29) is 11.0 Å². The maximum atomic E-state index is 13.2. The number of carbonyl (C=O) groups excluding carboxylic acids is 1. The van der Waals surface area contributed by atoms with Gasteiger partial charge in [-0.1, -0.05) is 62.4 Å². The summed E-state index contributed by atoms with van der Waals surface area (Å²) >= 11 is 5.35. The number of nitrogens with one attached hydrogen (secondary N) is 2. The van der Waals surface area contributed by atoms with Gasteiger partial charge in [-0.05, 0) is 54.5 Å². The fourth-order valence-corrected chi connectivity index (χ4v) is 3.58. The number of benzene rings is 3. The smallest absolute Gasteiger partial charge is 0.258 e. The van der Waals surface area contributed by atoms with Crippen LogP contribution in [0.1, 0.15) is 24.2 Å². The molecule has 1 aromatic heterocycles. The predicted molar refractivity (Wildman–Crippen MR) is 138 cm³/mol. The first-order chi connectivity index (χ1) is 16.0. The number of para-hydroxylation sites is 2. The molecule has 0 spiro atoms. The van der Waals surface area contributed by atoms with Crippen LogP contribution in [0.15, 0.2) is 84.9 Å². The van der Waals surface area contributed by atoms with Crippen molar-refractivity contribution in [3.05, 3.63) is 90.5 Å². The van der Waals surface area contributed by atoms with E-state index in [1.54, 1.807) is 6.07 Å². The predicted octanol–water partition coefficient (Wildman–Crippen LogP) is 6.06. The Hall–Kier alpha value is -3.77. The van der Waals surface area contributed by atoms with Gasteiger partial charge in [0.15, 0.2) is 5.11 Å². The summed E-state index contributed by atoms with van der Waals surface area (Å²) in [5.41, 5.74) is 3.61. The van der Waals surface area contributed by atoms with E-state index in [0.29, 0.717) is 23.8 Å². The van der Waals surface area contributed by atoms with Crippen LogP contribution in [-0.2, 0) is 0 Å². The van der Waals surface area contributed by atoms with Crippen LogP contribution in [0.5, 0.6) is 5.75 Å². The highest BCUT2D eigenvalue weighted by atomic mass is 32.1. The molecule has 0 aliphatic rings. The SMILES string of the molecule is CC(C)COc1cccc(-c2cc(C(=O)NC(=S)Nc3ccccc3)c3ccccc3n2)c1.